The lowest BCUT2D eigenvalue weighted by Crippen LogP contribution is -1.98. The summed E-state index contributed by atoms with van der Waals surface area (Å²) in [5, 5.41) is 6.31. The molecule has 0 aliphatic heterocycles. The van der Waals surface area contributed by atoms with Gasteiger partial charge in [-0.1, -0.05) is 73.7 Å². The molecule has 1 aliphatic rings. The van der Waals surface area contributed by atoms with Gasteiger partial charge in [-0.2, -0.15) is 0 Å². The molecular formula is C25H25ClN2S2. The molecule has 0 amide bonds. The molecule has 3 aromatic heterocycles. The molecule has 0 unspecified atom stereocenters. The molecule has 30 heavy (non-hydrogen) atoms. The fraction of sp³-hybridized carbons (Fsp3) is 0.320. The van der Waals surface area contributed by atoms with Crippen LogP contribution in [-0.4, -0.2) is 4.98 Å². The molecule has 1 aliphatic carbocycles. The molecular weight excluding hydrogens is 428 g/mol. The van der Waals surface area contributed by atoms with Crippen LogP contribution < -0.4 is 5.32 Å². The maximum absolute atomic E-state index is 6.52. The molecule has 1 N–H and O–H groups in total. The highest BCUT2D eigenvalue weighted by Gasteiger charge is 2.25. The Hall–Kier alpha value is -1.88. The SMILES string of the molecule is Clc1cc(NCc2cccs2)c2sc(C3CCCCCC3)c(-c3ccccc3)c2n1. The third-order valence-electron chi connectivity index (χ3n) is 5.96. The van der Waals surface area contributed by atoms with Gasteiger partial charge in [-0.05, 0) is 35.8 Å². The van der Waals surface area contributed by atoms with Crippen LogP contribution in [0, 0.1) is 0 Å². The Morgan fingerprint density at radius 2 is 1.80 bits per heavy atom. The monoisotopic (exact) mass is 452 g/mol. The van der Waals surface area contributed by atoms with Crippen LogP contribution in [0.1, 0.15) is 54.2 Å². The second-order valence-corrected chi connectivity index (χ2v) is 10.5. The lowest BCUT2D eigenvalue weighted by molar-refractivity contribution is 0.603. The topological polar surface area (TPSA) is 24.9 Å². The second-order valence-electron chi connectivity index (χ2n) is 8.00. The van der Waals surface area contributed by atoms with Crippen molar-refractivity contribution in [1.29, 1.82) is 0 Å². The van der Waals surface area contributed by atoms with Crippen LogP contribution in [0.15, 0.2) is 53.9 Å². The minimum atomic E-state index is 0.554. The van der Waals surface area contributed by atoms with Crippen LogP contribution in [-0.2, 0) is 6.54 Å². The Balaban J connectivity index is 1.64. The highest BCUT2D eigenvalue weighted by molar-refractivity contribution is 7.20. The summed E-state index contributed by atoms with van der Waals surface area (Å²) >= 11 is 10.2. The molecule has 1 saturated carbocycles. The number of hydrogen-bond donors (Lipinski definition) is 1. The summed E-state index contributed by atoms with van der Waals surface area (Å²) in [5.41, 5.74) is 4.69. The molecule has 4 aromatic rings. The van der Waals surface area contributed by atoms with E-state index in [4.69, 9.17) is 16.6 Å². The van der Waals surface area contributed by atoms with Crippen LogP contribution in [0.2, 0.25) is 5.15 Å². The number of rotatable bonds is 5. The molecule has 2 nitrogen and oxygen atoms in total. The predicted octanol–water partition coefficient (Wildman–Crippen LogP) is 8.73. The van der Waals surface area contributed by atoms with Gasteiger partial charge in [0.25, 0.3) is 0 Å². The van der Waals surface area contributed by atoms with Crippen molar-refractivity contribution in [1.82, 2.24) is 4.98 Å². The van der Waals surface area contributed by atoms with Crippen LogP contribution in [0.5, 0.6) is 0 Å². The third kappa shape index (κ3) is 4.14. The Labute approximate surface area is 190 Å². The predicted molar refractivity (Wildman–Crippen MR) is 132 cm³/mol. The maximum atomic E-state index is 6.52. The smallest absolute Gasteiger partial charge is 0.131 e. The van der Waals surface area contributed by atoms with E-state index in [0.29, 0.717) is 11.1 Å². The third-order valence-corrected chi connectivity index (χ3v) is 8.40. The van der Waals surface area contributed by atoms with Gasteiger partial charge in [-0.25, -0.2) is 4.98 Å². The number of fused-ring (bicyclic) bond motifs is 1. The first-order valence-electron chi connectivity index (χ1n) is 10.7. The van der Waals surface area contributed by atoms with Crippen molar-refractivity contribution in [3.8, 4) is 11.1 Å². The van der Waals surface area contributed by atoms with Crippen molar-refractivity contribution in [2.45, 2.75) is 51.0 Å². The second kappa shape index (κ2) is 9.09. The van der Waals surface area contributed by atoms with E-state index >= 15 is 0 Å². The highest BCUT2D eigenvalue weighted by atomic mass is 35.5. The van der Waals surface area contributed by atoms with Crippen LogP contribution in [0.3, 0.4) is 0 Å². The zero-order valence-electron chi connectivity index (χ0n) is 16.9. The summed E-state index contributed by atoms with van der Waals surface area (Å²) in [4.78, 5) is 7.65. The number of anilines is 1. The summed E-state index contributed by atoms with van der Waals surface area (Å²) in [6.07, 6.45) is 7.92. The average Bonchev–Trinajstić information content (AvgIpc) is 3.33. The first-order chi connectivity index (χ1) is 14.8. The van der Waals surface area contributed by atoms with Gasteiger partial charge < -0.3 is 5.32 Å². The van der Waals surface area contributed by atoms with E-state index < -0.39 is 0 Å². The summed E-state index contributed by atoms with van der Waals surface area (Å²) in [5.74, 6) is 0.617. The molecule has 0 spiro atoms. The number of halogens is 1. The number of nitrogens with zero attached hydrogens (tertiary/aromatic N) is 1. The van der Waals surface area contributed by atoms with Crippen molar-refractivity contribution in [2.24, 2.45) is 0 Å². The van der Waals surface area contributed by atoms with Gasteiger partial charge in [-0.3, -0.25) is 0 Å². The van der Waals surface area contributed by atoms with Crippen molar-refractivity contribution >= 4 is 50.2 Å². The lowest BCUT2D eigenvalue weighted by atomic mass is 9.92. The van der Waals surface area contributed by atoms with Crippen LogP contribution >= 0.6 is 34.3 Å². The van der Waals surface area contributed by atoms with Gasteiger partial charge in [0.1, 0.15) is 5.15 Å². The van der Waals surface area contributed by atoms with E-state index in [-0.39, 0.29) is 0 Å². The van der Waals surface area contributed by atoms with Crippen molar-refractivity contribution in [3.05, 3.63) is 68.8 Å². The first-order valence-corrected chi connectivity index (χ1v) is 12.8. The normalized spacial score (nSPS) is 15.4. The van der Waals surface area contributed by atoms with Gasteiger partial charge >= 0.3 is 0 Å². The maximum Gasteiger partial charge on any atom is 0.131 e. The van der Waals surface area contributed by atoms with Crippen molar-refractivity contribution in [3.63, 3.8) is 0 Å². The largest absolute Gasteiger partial charge is 0.379 e. The molecule has 0 atom stereocenters. The fourth-order valence-corrected chi connectivity index (χ4v) is 6.75. The molecule has 0 saturated heterocycles. The van der Waals surface area contributed by atoms with Crippen molar-refractivity contribution < 1.29 is 0 Å². The average molecular weight is 453 g/mol. The standard InChI is InChI=1S/C25H25ClN2S2/c26-21-15-20(27-16-19-13-8-14-29-19)25-23(28-21)22(17-9-6-3-7-10-17)24(30-25)18-11-4-1-2-5-12-18/h3,6-10,13-15,18H,1-2,4-5,11-12,16H2,(H,27,28). The van der Waals surface area contributed by atoms with Gasteiger partial charge in [0.15, 0.2) is 0 Å². The molecule has 3 heterocycles. The number of nitrogens with one attached hydrogen (secondary N) is 1. The fourth-order valence-electron chi connectivity index (χ4n) is 4.49. The highest BCUT2D eigenvalue weighted by Crippen LogP contribution is 2.48. The Morgan fingerprint density at radius 1 is 1.00 bits per heavy atom. The first kappa shape index (κ1) is 20.0. The molecule has 1 fully saturated rings. The van der Waals surface area contributed by atoms with Crippen LogP contribution in [0.4, 0.5) is 5.69 Å². The number of benzene rings is 1. The minimum Gasteiger partial charge on any atom is -0.379 e. The zero-order valence-corrected chi connectivity index (χ0v) is 19.3. The Bertz CT molecular complexity index is 1110. The van der Waals surface area contributed by atoms with E-state index in [9.17, 15) is 0 Å². The summed E-state index contributed by atoms with van der Waals surface area (Å²) < 4.78 is 1.23. The van der Waals surface area contributed by atoms with E-state index in [1.807, 2.05) is 17.4 Å². The Morgan fingerprint density at radius 3 is 2.53 bits per heavy atom. The molecule has 0 radical (unpaired) electrons. The number of thiophene rings is 2. The summed E-state index contributed by atoms with van der Waals surface area (Å²) in [6, 6.07) is 17.0. The van der Waals surface area contributed by atoms with E-state index in [1.165, 1.54) is 64.1 Å². The van der Waals surface area contributed by atoms with Gasteiger partial charge in [0, 0.05) is 27.9 Å². The lowest BCUT2D eigenvalue weighted by Gasteiger charge is -2.15. The van der Waals surface area contributed by atoms with E-state index in [0.717, 1.165) is 17.7 Å². The Kier molecular flexibility index (Phi) is 6.07. The molecule has 5 rings (SSSR count). The van der Waals surface area contributed by atoms with Crippen LogP contribution in [0.25, 0.3) is 21.3 Å². The number of pyridine rings is 1. The van der Waals surface area contributed by atoms with Crippen molar-refractivity contribution in [2.75, 3.05) is 5.32 Å². The molecule has 5 heteroatoms. The molecule has 1 aromatic carbocycles. The van der Waals surface area contributed by atoms with E-state index in [2.05, 4.69) is 53.2 Å². The van der Waals surface area contributed by atoms with Gasteiger partial charge in [0.05, 0.1) is 15.9 Å². The molecule has 154 valence electrons. The quantitative estimate of drug-likeness (QED) is 0.242. The van der Waals surface area contributed by atoms with Gasteiger partial charge in [-0.15, -0.1) is 22.7 Å². The van der Waals surface area contributed by atoms with Gasteiger partial charge in [0.2, 0.25) is 0 Å². The minimum absolute atomic E-state index is 0.554. The zero-order chi connectivity index (χ0) is 20.3. The number of hydrogen-bond acceptors (Lipinski definition) is 4. The molecule has 0 bridgehead atoms. The number of aromatic nitrogens is 1. The summed E-state index contributed by atoms with van der Waals surface area (Å²) in [7, 11) is 0. The van der Waals surface area contributed by atoms with E-state index in [1.54, 1.807) is 11.3 Å². The summed E-state index contributed by atoms with van der Waals surface area (Å²) in [6.45, 7) is 0.810.